The Kier molecular flexibility index (Phi) is 2.86. The second-order valence-corrected chi connectivity index (χ2v) is 3.82. The molecule has 4 nitrogen and oxygen atoms in total. The van der Waals surface area contributed by atoms with Gasteiger partial charge < -0.3 is 5.73 Å². The second kappa shape index (κ2) is 4.09. The van der Waals surface area contributed by atoms with E-state index in [0.29, 0.717) is 0 Å². The largest absolute Gasteiger partial charge is 0.410 e. The van der Waals surface area contributed by atoms with E-state index in [0.717, 1.165) is 0 Å². The smallest absolute Gasteiger partial charge is 0.328 e. The van der Waals surface area contributed by atoms with Crippen LogP contribution in [0.25, 0.3) is 0 Å². The van der Waals surface area contributed by atoms with Crippen molar-refractivity contribution in [1.29, 1.82) is 0 Å². The molecule has 2 amide bonds. The number of rotatable bonds is 2. The molecule has 2 N–H and O–H groups in total. The van der Waals surface area contributed by atoms with Gasteiger partial charge in [-0.2, -0.15) is 13.2 Å². The molecular weight excluding hydrogens is 249 g/mol. The lowest BCUT2D eigenvalue weighted by atomic mass is 10.1. The zero-order valence-corrected chi connectivity index (χ0v) is 9.07. The van der Waals surface area contributed by atoms with Gasteiger partial charge >= 0.3 is 6.18 Å². The van der Waals surface area contributed by atoms with Crippen LogP contribution in [-0.2, 0) is 0 Å². The van der Waals surface area contributed by atoms with Crippen LogP contribution in [-0.4, -0.2) is 35.5 Å². The number of hydrogen-bond donors (Lipinski definition) is 1. The predicted octanol–water partition coefficient (Wildman–Crippen LogP) is 1.17. The fourth-order valence-corrected chi connectivity index (χ4v) is 1.88. The average Bonchev–Trinajstić information content (AvgIpc) is 2.54. The summed E-state index contributed by atoms with van der Waals surface area (Å²) >= 11 is 0. The standard InChI is InChI=1S/C11H9F3N2O2/c12-11(13,14)8(5-15)16-9(17)6-3-1-2-4-7(6)10(16)18/h1-4,8H,5,15H2. The van der Waals surface area contributed by atoms with Crippen LogP contribution in [0.15, 0.2) is 24.3 Å². The highest BCUT2D eigenvalue weighted by molar-refractivity contribution is 6.21. The van der Waals surface area contributed by atoms with Crippen molar-refractivity contribution in [1.82, 2.24) is 4.90 Å². The summed E-state index contributed by atoms with van der Waals surface area (Å²) < 4.78 is 38.1. The van der Waals surface area contributed by atoms with Gasteiger partial charge in [0.2, 0.25) is 0 Å². The Morgan fingerprint density at radius 1 is 1.11 bits per heavy atom. The Morgan fingerprint density at radius 2 is 1.56 bits per heavy atom. The first-order valence-electron chi connectivity index (χ1n) is 5.11. The van der Waals surface area contributed by atoms with Gasteiger partial charge in [-0.15, -0.1) is 0 Å². The summed E-state index contributed by atoms with van der Waals surface area (Å²) in [6.45, 7) is -0.852. The minimum Gasteiger partial charge on any atom is -0.328 e. The first-order valence-corrected chi connectivity index (χ1v) is 5.11. The maximum atomic E-state index is 12.7. The van der Waals surface area contributed by atoms with E-state index in [-0.39, 0.29) is 16.0 Å². The number of fused-ring (bicyclic) bond motifs is 1. The van der Waals surface area contributed by atoms with Gasteiger partial charge in [-0.1, -0.05) is 12.1 Å². The van der Waals surface area contributed by atoms with Gasteiger partial charge in [0.05, 0.1) is 11.1 Å². The number of halogens is 3. The normalized spacial score (nSPS) is 17.0. The molecule has 0 saturated carbocycles. The Bertz CT molecular complexity index is 478. The van der Waals surface area contributed by atoms with Gasteiger partial charge in [0, 0.05) is 6.54 Å². The van der Waals surface area contributed by atoms with Crippen LogP contribution in [0, 0.1) is 0 Å². The summed E-state index contributed by atoms with van der Waals surface area (Å²) in [5.74, 6) is -1.91. The molecule has 0 saturated heterocycles. The fraction of sp³-hybridized carbons (Fsp3) is 0.273. The Morgan fingerprint density at radius 3 is 1.89 bits per heavy atom. The van der Waals surface area contributed by atoms with Crippen molar-refractivity contribution >= 4 is 11.8 Å². The van der Waals surface area contributed by atoms with E-state index in [1.807, 2.05) is 0 Å². The molecule has 1 atom stereocenters. The van der Waals surface area contributed by atoms with Crippen molar-refractivity contribution in [3.05, 3.63) is 35.4 Å². The maximum absolute atomic E-state index is 12.7. The van der Waals surface area contributed by atoms with Crippen LogP contribution in [0.3, 0.4) is 0 Å². The topological polar surface area (TPSA) is 63.4 Å². The van der Waals surface area contributed by atoms with Gasteiger partial charge in [-0.05, 0) is 12.1 Å². The molecule has 1 aliphatic heterocycles. The zero-order valence-electron chi connectivity index (χ0n) is 9.07. The maximum Gasteiger partial charge on any atom is 0.410 e. The van der Waals surface area contributed by atoms with E-state index in [2.05, 4.69) is 0 Å². The van der Waals surface area contributed by atoms with E-state index in [1.165, 1.54) is 24.3 Å². The number of carbonyl (C=O) groups is 2. The molecular formula is C11H9F3N2O2. The van der Waals surface area contributed by atoms with Gasteiger partial charge in [0.25, 0.3) is 11.8 Å². The van der Waals surface area contributed by atoms with E-state index < -0.39 is 30.6 Å². The second-order valence-electron chi connectivity index (χ2n) is 3.82. The molecule has 1 aliphatic rings. The minimum atomic E-state index is -4.73. The van der Waals surface area contributed by atoms with Gasteiger partial charge in [0.15, 0.2) is 0 Å². The summed E-state index contributed by atoms with van der Waals surface area (Å²) in [6.07, 6.45) is -4.73. The first-order chi connectivity index (χ1) is 8.38. The van der Waals surface area contributed by atoms with Crippen LogP contribution >= 0.6 is 0 Å². The van der Waals surface area contributed by atoms with E-state index in [9.17, 15) is 22.8 Å². The quantitative estimate of drug-likeness (QED) is 0.810. The lowest BCUT2D eigenvalue weighted by molar-refractivity contribution is -0.167. The minimum absolute atomic E-state index is 0.0230. The molecule has 7 heteroatoms. The SMILES string of the molecule is NCC(N1C(=O)c2ccccc2C1=O)C(F)(F)F. The molecule has 0 bridgehead atoms. The van der Waals surface area contributed by atoms with E-state index >= 15 is 0 Å². The summed E-state index contributed by atoms with van der Waals surface area (Å²) in [5.41, 5.74) is 4.99. The summed E-state index contributed by atoms with van der Waals surface area (Å²) in [5, 5.41) is 0. The Balaban J connectivity index is 2.45. The monoisotopic (exact) mass is 258 g/mol. The molecule has 0 spiro atoms. The number of nitrogens with two attached hydrogens (primary N) is 1. The molecule has 18 heavy (non-hydrogen) atoms. The molecule has 0 radical (unpaired) electrons. The molecule has 1 unspecified atom stereocenters. The number of alkyl halides is 3. The lowest BCUT2D eigenvalue weighted by Crippen LogP contribution is -2.52. The first kappa shape index (κ1) is 12.6. The zero-order chi connectivity index (χ0) is 13.5. The van der Waals surface area contributed by atoms with Crippen molar-refractivity contribution in [3.63, 3.8) is 0 Å². The molecule has 96 valence electrons. The van der Waals surface area contributed by atoms with Crippen molar-refractivity contribution in [2.24, 2.45) is 5.73 Å². The van der Waals surface area contributed by atoms with E-state index in [1.54, 1.807) is 0 Å². The molecule has 0 fully saturated rings. The Labute approximate surface area is 100 Å². The molecule has 0 aliphatic carbocycles. The average molecular weight is 258 g/mol. The van der Waals surface area contributed by atoms with Crippen molar-refractivity contribution in [2.45, 2.75) is 12.2 Å². The molecule has 0 aromatic heterocycles. The van der Waals surface area contributed by atoms with Gasteiger partial charge in [-0.25, -0.2) is 0 Å². The molecule has 2 rings (SSSR count). The van der Waals surface area contributed by atoms with Crippen LogP contribution < -0.4 is 5.73 Å². The van der Waals surface area contributed by atoms with Crippen molar-refractivity contribution in [2.75, 3.05) is 6.54 Å². The Hall–Kier alpha value is -1.89. The third-order valence-electron chi connectivity index (χ3n) is 2.74. The number of nitrogens with zero attached hydrogens (tertiary/aromatic N) is 1. The van der Waals surface area contributed by atoms with Gasteiger partial charge in [-0.3, -0.25) is 14.5 Å². The number of benzene rings is 1. The molecule has 1 heterocycles. The number of hydrogen-bond acceptors (Lipinski definition) is 3. The summed E-state index contributed by atoms with van der Waals surface area (Å²) in [6, 6.07) is 3.32. The highest BCUT2D eigenvalue weighted by atomic mass is 19.4. The highest BCUT2D eigenvalue weighted by Gasteiger charge is 2.50. The third-order valence-corrected chi connectivity index (χ3v) is 2.74. The number of amides is 2. The number of carbonyl (C=O) groups excluding carboxylic acids is 2. The van der Waals surface area contributed by atoms with E-state index in [4.69, 9.17) is 5.73 Å². The molecule has 1 aromatic carbocycles. The lowest BCUT2D eigenvalue weighted by Gasteiger charge is -2.26. The van der Waals surface area contributed by atoms with Crippen LogP contribution in [0.1, 0.15) is 20.7 Å². The van der Waals surface area contributed by atoms with Crippen LogP contribution in [0.4, 0.5) is 13.2 Å². The summed E-state index contributed by atoms with van der Waals surface area (Å²) in [7, 11) is 0. The summed E-state index contributed by atoms with van der Waals surface area (Å²) in [4.78, 5) is 23.8. The third kappa shape index (κ3) is 1.76. The van der Waals surface area contributed by atoms with Crippen LogP contribution in [0.2, 0.25) is 0 Å². The highest BCUT2D eigenvalue weighted by Crippen LogP contribution is 2.31. The van der Waals surface area contributed by atoms with Crippen molar-refractivity contribution in [3.8, 4) is 0 Å². The van der Waals surface area contributed by atoms with Crippen molar-refractivity contribution < 1.29 is 22.8 Å². The molecule has 1 aromatic rings. The predicted molar refractivity (Wildman–Crippen MR) is 55.8 cm³/mol. The van der Waals surface area contributed by atoms with Crippen LogP contribution in [0.5, 0.6) is 0 Å². The van der Waals surface area contributed by atoms with Gasteiger partial charge in [0.1, 0.15) is 6.04 Å². The number of imide groups is 1. The fourth-order valence-electron chi connectivity index (χ4n) is 1.88.